The molecule has 1 saturated heterocycles. The average molecular weight is 242 g/mol. The first kappa shape index (κ1) is 14.9. The molecule has 0 aromatic rings. The van der Waals surface area contributed by atoms with Gasteiger partial charge < -0.3 is 15.8 Å². The molecular weight excluding hydrogens is 212 g/mol. The maximum atomic E-state index is 5.98. The summed E-state index contributed by atoms with van der Waals surface area (Å²) >= 11 is 0. The number of nitrogens with two attached hydrogens (primary N) is 1. The van der Waals surface area contributed by atoms with E-state index in [2.05, 4.69) is 26.1 Å². The third-order valence-corrected chi connectivity index (χ3v) is 4.21. The molecule has 1 aliphatic heterocycles. The van der Waals surface area contributed by atoms with Gasteiger partial charge in [0, 0.05) is 25.2 Å². The molecule has 1 rings (SSSR count). The van der Waals surface area contributed by atoms with Crippen molar-refractivity contribution >= 4 is 0 Å². The normalized spacial score (nSPS) is 28.2. The summed E-state index contributed by atoms with van der Waals surface area (Å²) in [6.07, 6.45) is 7.10. The molecule has 0 aliphatic carbocycles. The molecule has 0 aromatic heterocycles. The summed E-state index contributed by atoms with van der Waals surface area (Å²) in [6, 6.07) is 0. The van der Waals surface area contributed by atoms with Crippen molar-refractivity contribution in [2.75, 3.05) is 19.7 Å². The lowest BCUT2D eigenvalue weighted by atomic mass is 9.88. The first-order valence-corrected chi connectivity index (χ1v) is 7.19. The second-order valence-corrected chi connectivity index (χ2v) is 5.70. The van der Waals surface area contributed by atoms with Crippen LogP contribution in [0, 0.1) is 0 Å². The van der Waals surface area contributed by atoms with Crippen LogP contribution in [0.2, 0.25) is 0 Å². The van der Waals surface area contributed by atoms with Crippen LogP contribution in [0.5, 0.6) is 0 Å². The Hall–Kier alpha value is -0.120. The zero-order valence-electron chi connectivity index (χ0n) is 11.8. The van der Waals surface area contributed by atoms with E-state index in [9.17, 15) is 0 Å². The number of rotatable bonds is 8. The Balaban J connectivity index is 2.47. The molecule has 0 bridgehead atoms. The molecule has 1 heterocycles. The second-order valence-electron chi connectivity index (χ2n) is 5.70. The van der Waals surface area contributed by atoms with E-state index >= 15 is 0 Å². The summed E-state index contributed by atoms with van der Waals surface area (Å²) in [7, 11) is 0. The highest BCUT2D eigenvalue weighted by Crippen LogP contribution is 2.26. The SMILES string of the molecule is CCCCC(CC)(CN)NCC1(C)CCCO1. The van der Waals surface area contributed by atoms with Gasteiger partial charge in [-0.05, 0) is 32.6 Å². The molecule has 0 saturated carbocycles. The van der Waals surface area contributed by atoms with E-state index in [1.54, 1.807) is 0 Å². The van der Waals surface area contributed by atoms with Gasteiger partial charge in [0.2, 0.25) is 0 Å². The number of ether oxygens (including phenoxy) is 1. The fraction of sp³-hybridized carbons (Fsp3) is 1.00. The van der Waals surface area contributed by atoms with Crippen molar-refractivity contribution in [1.29, 1.82) is 0 Å². The quantitative estimate of drug-likeness (QED) is 0.687. The van der Waals surface area contributed by atoms with Gasteiger partial charge in [-0.1, -0.05) is 26.7 Å². The molecule has 2 unspecified atom stereocenters. The fourth-order valence-electron chi connectivity index (χ4n) is 2.57. The average Bonchev–Trinajstić information content (AvgIpc) is 2.78. The second kappa shape index (κ2) is 6.72. The monoisotopic (exact) mass is 242 g/mol. The molecule has 1 fully saturated rings. The predicted molar refractivity (Wildman–Crippen MR) is 73.2 cm³/mol. The molecule has 3 N–H and O–H groups in total. The molecule has 3 nitrogen and oxygen atoms in total. The standard InChI is InChI=1S/C14H30N2O/c1-4-6-9-14(5-2,11-15)16-12-13(3)8-7-10-17-13/h16H,4-12,15H2,1-3H3. The van der Waals surface area contributed by atoms with E-state index in [0.717, 1.165) is 32.5 Å². The Labute approximate surface area is 106 Å². The largest absolute Gasteiger partial charge is 0.374 e. The van der Waals surface area contributed by atoms with Crippen LogP contribution in [-0.4, -0.2) is 30.8 Å². The Morgan fingerprint density at radius 2 is 2.18 bits per heavy atom. The van der Waals surface area contributed by atoms with Gasteiger partial charge in [-0.3, -0.25) is 0 Å². The fourth-order valence-corrected chi connectivity index (χ4v) is 2.57. The zero-order chi connectivity index (χ0) is 12.8. The van der Waals surface area contributed by atoms with Crippen LogP contribution in [0.25, 0.3) is 0 Å². The van der Waals surface area contributed by atoms with Crippen molar-refractivity contribution in [1.82, 2.24) is 5.32 Å². The van der Waals surface area contributed by atoms with Gasteiger partial charge in [-0.2, -0.15) is 0 Å². The van der Waals surface area contributed by atoms with Crippen molar-refractivity contribution in [2.45, 2.75) is 70.4 Å². The van der Waals surface area contributed by atoms with Gasteiger partial charge in [-0.25, -0.2) is 0 Å². The Morgan fingerprint density at radius 3 is 2.65 bits per heavy atom. The van der Waals surface area contributed by atoms with Crippen molar-refractivity contribution in [3.63, 3.8) is 0 Å². The molecule has 0 amide bonds. The summed E-state index contributed by atoms with van der Waals surface area (Å²) in [4.78, 5) is 0. The van der Waals surface area contributed by atoms with Crippen LogP contribution in [0.3, 0.4) is 0 Å². The van der Waals surface area contributed by atoms with Crippen LogP contribution in [0.4, 0.5) is 0 Å². The summed E-state index contributed by atoms with van der Waals surface area (Å²) < 4.78 is 5.83. The maximum absolute atomic E-state index is 5.98. The highest BCUT2D eigenvalue weighted by molar-refractivity contribution is 4.92. The van der Waals surface area contributed by atoms with Gasteiger partial charge in [0.05, 0.1) is 5.60 Å². The van der Waals surface area contributed by atoms with E-state index in [4.69, 9.17) is 10.5 Å². The number of hydrogen-bond acceptors (Lipinski definition) is 3. The topological polar surface area (TPSA) is 47.3 Å². The van der Waals surface area contributed by atoms with Crippen LogP contribution in [0.1, 0.15) is 59.3 Å². The van der Waals surface area contributed by atoms with Crippen LogP contribution >= 0.6 is 0 Å². The van der Waals surface area contributed by atoms with E-state index in [-0.39, 0.29) is 11.1 Å². The van der Waals surface area contributed by atoms with Crippen LogP contribution < -0.4 is 11.1 Å². The lowest BCUT2D eigenvalue weighted by molar-refractivity contribution is 0.0134. The number of nitrogens with one attached hydrogen (secondary N) is 1. The van der Waals surface area contributed by atoms with Crippen LogP contribution in [-0.2, 0) is 4.74 Å². The molecule has 17 heavy (non-hydrogen) atoms. The van der Waals surface area contributed by atoms with Crippen molar-refractivity contribution in [3.8, 4) is 0 Å². The minimum Gasteiger partial charge on any atom is -0.374 e. The summed E-state index contributed by atoms with van der Waals surface area (Å²) in [5.74, 6) is 0. The lowest BCUT2D eigenvalue weighted by Gasteiger charge is -2.36. The third-order valence-electron chi connectivity index (χ3n) is 4.21. The van der Waals surface area contributed by atoms with Crippen molar-refractivity contribution in [3.05, 3.63) is 0 Å². The zero-order valence-corrected chi connectivity index (χ0v) is 11.8. The summed E-state index contributed by atoms with van der Waals surface area (Å²) in [6.45, 7) is 9.24. The lowest BCUT2D eigenvalue weighted by Crippen LogP contribution is -2.55. The molecule has 0 radical (unpaired) electrons. The summed E-state index contributed by atoms with van der Waals surface area (Å²) in [5, 5.41) is 3.70. The highest BCUT2D eigenvalue weighted by atomic mass is 16.5. The Bertz CT molecular complexity index is 208. The molecule has 2 atom stereocenters. The van der Waals surface area contributed by atoms with Crippen molar-refractivity contribution < 1.29 is 4.74 Å². The van der Waals surface area contributed by atoms with E-state index in [1.165, 1.54) is 25.7 Å². The van der Waals surface area contributed by atoms with Gasteiger partial charge >= 0.3 is 0 Å². The molecule has 0 aromatic carbocycles. The van der Waals surface area contributed by atoms with E-state index in [1.807, 2.05) is 0 Å². The smallest absolute Gasteiger partial charge is 0.0779 e. The minimum absolute atomic E-state index is 0.0296. The highest BCUT2D eigenvalue weighted by Gasteiger charge is 2.33. The number of unbranched alkanes of at least 4 members (excludes halogenated alkanes) is 1. The summed E-state index contributed by atoms with van der Waals surface area (Å²) in [5.41, 5.74) is 6.13. The van der Waals surface area contributed by atoms with E-state index < -0.39 is 0 Å². The van der Waals surface area contributed by atoms with Gasteiger partial charge in [-0.15, -0.1) is 0 Å². The first-order chi connectivity index (χ1) is 8.10. The maximum Gasteiger partial charge on any atom is 0.0779 e. The van der Waals surface area contributed by atoms with Crippen LogP contribution in [0.15, 0.2) is 0 Å². The van der Waals surface area contributed by atoms with Gasteiger partial charge in [0.1, 0.15) is 0 Å². The molecule has 3 heteroatoms. The third kappa shape index (κ3) is 4.23. The molecule has 102 valence electrons. The Morgan fingerprint density at radius 1 is 1.41 bits per heavy atom. The predicted octanol–water partition coefficient (Wildman–Crippen LogP) is 2.44. The van der Waals surface area contributed by atoms with E-state index in [0.29, 0.717) is 0 Å². The minimum atomic E-state index is 0.0296. The molecular formula is C14H30N2O. The first-order valence-electron chi connectivity index (χ1n) is 7.19. The van der Waals surface area contributed by atoms with Crippen molar-refractivity contribution in [2.24, 2.45) is 5.73 Å². The van der Waals surface area contributed by atoms with Gasteiger partial charge in [0.15, 0.2) is 0 Å². The number of hydrogen-bond donors (Lipinski definition) is 2. The van der Waals surface area contributed by atoms with Gasteiger partial charge in [0.25, 0.3) is 0 Å². The molecule has 1 aliphatic rings. The molecule has 0 spiro atoms. The Kier molecular flexibility index (Phi) is 5.90.